The largest absolute Gasteiger partial charge is 0.466 e. The number of aryl methyl sites for hydroxylation is 2. The summed E-state index contributed by atoms with van der Waals surface area (Å²) in [6, 6.07) is 4.92. The number of rotatable bonds is 7. The molecule has 158 valence electrons. The molecule has 1 amide bonds. The fourth-order valence-corrected chi connectivity index (χ4v) is 4.81. The first kappa shape index (κ1) is 20.6. The van der Waals surface area contributed by atoms with Crippen LogP contribution in [-0.4, -0.2) is 31.1 Å². The highest BCUT2D eigenvalue weighted by Crippen LogP contribution is 2.31. The van der Waals surface area contributed by atoms with E-state index in [4.69, 9.17) is 4.42 Å². The Hall–Kier alpha value is -2.63. The van der Waals surface area contributed by atoms with Crippen molar-refractivity contribution < 1.29 is 22.0 Å². The van der Waals surface area contributed by atoms with Gasteiger partial charge in [-0.1, -0.05) is 11.3 Å². The molecule has 0 unspecified atom stereocenters. The van der Waals surface area contributed by atoms with Crippen molar-refractivity contribution in [3.8, 4) is 10.6 Å². The number of carbonyl (C=O) groups is 1. The summed E-state index contributed by atoms with van der Waals surface area (Å²) in [5.41, 5.74) is 0.364. The Kier molecular flexibility index (Phi) is 5.43. The van der Waals surface area contributed by atoms with Gasteiger partial charge in [0.05, 0.1) is 16.0 Å². The molecule has 1 fully saturated rings. The maximum absolute atomic E-state index is 14.2. The summed E-state index contributed by atoms with van der Waals surface area (Å²) in [6.07, 6.45) is 1.97. The minimum atomic E-state index is -3.83. The molecule has 2 heterocycles. The quantitative estimate of drug-likeness (QED) is 0.570. The number of hydrogen-bond donors (Lipinski definition) is 2. The Bertz CT molecular complexity index is 1220. The van der Waals surface area contributed by atoms with Gasteiger partial charge in [0.25, 0.3) is 5.91 Å². The van der Waals surface area contributed by atoms with Gasteiger partial charge in [-0.3, -0.25) is 10.1 Å². The van der Waals surface area contributed by atoms with Crippen molar-refractivity contribution in [2.45, 2.75) is 31.6 Å². The summed E-state index contributed by atoms with van der Waals surface area (Å²) in [5.74, 6) is 0.0920. The Balaban J connectivity index is 1.53. The summed E-state index contributed by atoms with van der Waals surface area (Å²) in [5, 5.41) is 11.1. The van der Waals surface area contributed by atoms with E-state index in [1.54, 1.807) is 6.92 Å². The standard InChI is InChI=1S/C19H19FN4O4S2/c1-10-7-14(11(2)28-10)18-23-24-19(29-18)22-17(25)15-8-13(5-6-16(15)20)30(26,27)21-9-12-3-4-12/h5-8,12,21H,3-4,9H2,1-2H3,(H,22,24,25). The molecule has 4 rings (SSSR count). The fraction of sp³-hybridized carbons (Fsp3) is 0.316. The average molecular weight is 451 g/mol. The summed E-state index contributed by atoms with van der Waals surface area (Å²) in [4.78, 5) is 12.4. The lowest BCUT2D eigenvalue weighted by Gasteiger charge is -2.08. The van der Waals surface area contributed by atoms with Crippen molar-refractivity contribution in [1.29, 1.82) is 0 Å². The normalized spacial score (nSPS) is 14.1. The fourth-order valence-electron chi connectivity index (χ4n) is 2.87. The molecule has 2 aromatic heterocycles. The molecule has 2 N–H and O–H groups in total. The molecule has 0 saturated heterocycles. The minimum Gasteiger partial charge on any atom is -0.466 e. The van der Waals surface area contributed by atoms with E-state index in [1.165, 1.54) is 0 Å². The lowest BCUT2D eigenvalue weighted by Crippen LogP contribution is -2.26. The summed E-state index contributed by atoms with van der Waals surface area (Å²) < 4.78 is 47.0. The predicted octanol–water partition coefficient (Wildman–Crippen LogP) is 3.49. The van der Waals surface area contributed by atoms with Crippen LogP contribution in [0.25, 0.3) is 10.6 Å². The minimum absolute atomic E-state index is 0.160. The van der Waals surface area contributed by atoms with Gasteiger partial charge in [0, 0.05) is 6.54 Å². The van der Waals surface area contributed by atoms with E-state index in [1.807, 2.05) is 13.0 Å². The van der Waals surface area contributed by atoms with Gasteiger partial charge >= 0.3 is 0 Å². The van der Waals surface area contributed by atoms with Crippen LogP contribution in [0.4, 0.5) is 9.52 Å². The first-order valence-electron chi connectivity index (χ1n) is 9.24. The van der Waals surface area contributed by atoms with Gasteiger partial charge in [-0.15, -0.1) is 10.2 Å². The van der Waals surface area contributed by atoms with Gasteiger partial charge in [-0.25, -0.2) is 17.5 Å². The van der Waals surface area contributed by atoms with Crippen molar-refractivity contribution in [2.24, 2.45) is 5.92 Å². The topological polar surface area (TPSA) is 114 Å². The van der Waals surface area contributed by atoms with Crippen LogP contribution in [0.2, 0.25) is 0 Å². The maximum Gasteiger partial charge on any atom is 0.260 e. The smallest absolute Gasteiger partial charge is 0.260 e. The first-order valence-corrected chi connectivity index (χ1v) is 11.5. The molecule has 11 heteroatoms. The number of amides is 1. The van der Waals surface area contributed by atoms with Gasteiger partial charge in [0.2, 0.25) is 15.2 Å². The highest BCUT2D eigenvalue weighted by Gasteiger charge is 2.25. The molecule has 1 saturated carbocycles. The second kappa shape index (κ2) is 7.89. The number of benzene rings is 1. The molecule has 1 aromatic carbocycles. The van der Waals surface area contributed by atoms with Crippen LogP contribution >= 0.6 is 11.3 Å². The van der Waals surface area contributed by atoms with Crippen LogP contribution in [-0.2, 0) is 10.0 Å². The predicted molar refractivity (Wildman–Crippen MR) is 109 cm³/mol. The Morgan fingerprint density at radius 3 is 2.70 bits per heavy atom. The molecule has 0 atom stereocenters. The Labute approximate surface area is 176 Å². The van der Waals surface area contributed by atoms with Crippen molar-refractivity contribution in [2.75, 3.05) is 11.9 Å². The molecule has 0 radical (unpaired) electrons. The highest BCUT2D eigenvalue weighted by atomic mass is 32.2. The third-order valence-corrected chi connectivity index (χ3v) is 6.96. The zero-order chi connectivity index (χ0) is 21.5. The maximum atomic E-state index is 14.2. The summed E-state index contributed by atoms with van der Waals surface area (Å²) in [7, 11) is -3.83. The molecular weight excluding hydrogens is 431 g/mol. The number of halogens is 1. The molecule has 8 nitrogen and oxygen atoms in total. The van der Waals surface area contributed by atoms with E-state index >= 15 is 0 Å². The van der Waals surface area contributed by atoms with Crippen LogP contribution in [0.5, 0.6) is 0 Å². The zero-order valence-electron chi connectivity index (χ0n) is 16.2. The number of anilines is 1. The number of nitrogens with zero attached hydrogens (tertiary/aromatic N) is 2. The number of hydrogen-bond acceptors (Lipinski definition) is 7. The van der Waals surface area contributed by atoms with E-state index < -0.39 is 27.3 Å². The van der Waals surface area contributed by atoms with Gasteiger partial charge in [-0.2, -0.15) is 0 Å². The molecule has 1 aliphatic rings. The van der Waals surface area contributed by atoms with Crippen LogP contribution in [0.1, 0.15) is 34.7 Å². The third-order valence-electron chi connectivity index (χ3n) is 4.67. The highest BCUT2D eigenvalue weighted by molar-refractivity contribution is 7.89. The van der Waals surface area contributed by atoms with Crippen LogP contribution < -0.4 is 10.0 Å². The number of carbonyl (C=O) groups excluding carboxylic acids is 1. The Morgan fingerprint density at radius 2 is 2.03 bits per heavy atom. The second-order valence-corrected chi connectivity index (χ2v) is 9.87. The number of aromatic nitrogens is 2. The zero-order valence-corrected chi connectivity index (χ0v) is 17.9. The molecule has 3 aromatic rings. The van der Waals surface area contributed by atoms with Crippen molar-refractivity contribution in [3.63, 3.8) is 0 Å². The van der Waals surface area contributed by atoms with E-state index in [0.29, 0.717) is 23.2 Å². The first-order chi connectivity index (χ1) is 14.2. The van der Waals surface area contributed by atoms with E-state index in [-0.39, 0.29) is 10.0 Å². The average Bonchev–Trinajstić information content (AvgIpc) is 3.32. The van der Waals surface area contributed by atoms with Gasteiger partial charge in [0.1, 0.15) is 17.3 Å². The lowest BCUT2D eigenvalue weighted by atomic mass is 10.2. The van der Waals surface area contributed by atoms with Crippen LogP contribution in [0.3, 0.4) is 0 Å². The molecule has 0 aliphatic heterocycles. The van der Waals surface area contributed by atoms with Crippen LogP contribution in [0.15, 0.2) is 33.6 Å². The second-order valence-electron chi connectivity index (χ2n) is 7.13. The molecular formula is C19H19FN4O4S2. The van der Waals surface area contributed by atoms with Crippen molar-refractivity contribution in [1.82, 2.24) is 14.9 Å². The van der Waals surface area contributed by atoms with Crippen LogP contribution in [0, 0.1) is 25.6 Å². The van der Waals surface area contributed by atoms with Gasteiger partial charge in [0.15, 0.2) is 5.01 Å². The third kappa shape index (κ3) is 4.42. The number of sulfonamides is 1. The van der Waals surface area contributed by atoms with Crippen molar-refractivity contribution in [3.05, 3.63) is 47.2 Å². The number of nitrogens with one attached hydrogen (secondary N) is 2. The van der Waals surface area contributed by atoms with E-state index in [9.17, 15) is 17.6 Å². The lowest BCUT2D eigenvalue weighted by molar-refractivity contribution is 0.102. The van der Waals surface area contributed by atoms with Crippen molar-refractivity contribution >= 4 is 32.4 Å². The number of furan rings is 1. The summed E-state index contributed by atoms with van der Waals surface area (Å²) in [6.45, 7) is 3.94. The summed E-state index contributed by atoms with van der Waals surface area (Å²) >= 11 is 1.10. The Morgan fingerprint density at radius 1 is 1.27 bits per heavy atom. The molecule has 30 heavy (non-hydrogen) atoms. The SMILES string of the molecule is Cc1cc(-c2nnc(NC(=O)c3cc(S(=O)(=O)NCC4CC4)ccc3F)s2)c(C)o1. The molecule has 0 bridgehead atoms. The van der Waals surface area contributed by atoms with E-state index in [2.05, 4.69) is 20.2 Å². The monoisotopic (exact) mass is 450 g/mol. The molecule has 1 aliphatic carbocycles. The molecule has 0 spiro atoms. The van der Waals surface area contributed by atoms with Gasteiger partial charge < -0.3 is 4.42 Å². The van der Waals surface area contributed by atoms with E-state index in [0.717, 1.165) is 53.7 Å². The van der Waals surface area contributed by atoms with Gasteiger partial charge in [-0.05, 0) is 56.9 Å².